The fourth-order valence-electron chi connectivity index (χ4n) is 4.14. The molecule has 1 aliphatic heterocycles. The van der Waals surface area contributed by atoms with Crippen molar-refractivity contribution in [3.8, 4) is 11.5 Å². The minimum Gasteiger partial charge on any atom is -0.463 e. The first kappa shape index (κ1) is 19.5. The van der Waals surface area contributed by atoms with Crippen LogP contribution in [-0.2, 0) is 0 Å². The maximum absolute atomic E-state index is 13.7. The van der Waals surface area contributed by atoms with E-state index in [9.17, 15) is 4.79 Å². The summed E-state index contributed by atoms with van der Waals surface area (Å²) < 4.78 is 12.8. The van der Waals surface area contributed by atoms with Crippen molar-refractivity contribution in [1.29, 1.82) is 0 Å². The zero-order valence-corrected chi connectivity index (χ0v) is 17.8. The van der Waals surface area contributed by atoms with E-state index >= 15 is 0 Å². The Morgan fingerprint density at radius 1 is 1.29 bits per heavy atom. The first-order valence-electron chi connectivity index (χ1n) is 10.5. The molecule has 160 valence electrons. The molecule has 0 N–H and O–H groups in total. The Morgan fingerprint density at radius 3 is 2.87 bits per heavy atom. The Morgan fingerprint density at radius 2 is 2.16 bits per heavy atom. The van der Waals surface area contributed by atoms with Gasteiger partial charge in [-0.3, -0.25) is 4.79 Å². The number of fused-ring (bicyclic) bond motifs is 1. The average molecular weight is 420 g/mol. The number of aryl methyl sites for hydroxylation is 1. The van der Waals surface area contributed by atoms with E-state index < -0.39 is 0 Å². The molecule has 4 aromatic rings. The lowest BCUT2D eigenvalue weighted by Gasteiger charge is -2.31. The second-order valence-corrected chi connectivity index (χ2v) is 8.22. The number of carbonyl (C=O) groups is 1. The third kappa shape index (κ3) is 3.49. The molecular weight excluding hydrogens is 396 g/mol. The number of pyridine rings is 1. The zero-order valence-electron chi connectivity index (χ0n) is 17.8. The van der Waals surface area contributed by atoms with E-state index in [1.165, 1.54) is 0 Å². The Kier molecular flexibility index (Phi) is 4.80. The molecule has 9 heteroatoms. The van der Waals surface area contributed by atoms with Gasteiger partial charge in [0, 0.05) is 19.1 Å². The van der Waals surface area contributed by atoms with Crippen molar-refractivity contribution in [2.24, 2.45) is 0 Å². The molecule has 5 heterocycles. The summed E-state index contributed by atoms with van der Waals surface area (Å²) in [6.07, 6.45) is 5.12. The zero-order chi connectivity index (χ0) is 21.5. The number of aromatic nitrogens is 5. The number of rotatable bonds is 4. The first-order chi connectivity index (χ1) is 15.0. The van der Waals surface area contributed by atoms with Gasteiger partial charge in [-0.2, -0.15) is 10.1 Å². The Labute approximate surface area is 179 Å². The van der Waals surface area contributed by atoms with Gasteiger partial charge in [0.05, 0.1) is 29.3 Å². The molecule has 1 amide bonds. The Hall–Kier alpha value is -3.49. The van der Waals surface area contributed by atoms with Crippen molar-refractivity contribution in [2.75, 3.05) is 13.1 Å². The molecule has 9 nitrogen and oxygen atoms in total. The van der Waals surface area contributed by atoms with Gasteiger partial charge < -0.3 is 13.8 Å². The summed E-state index contributed by atoms with van der Waals surface area (Å²) in [5, 5.41) is 9.13. The maximum atomic E-state index is 13.7. The summed E-state index contributed by atoms with van der Waals surface area (Å²) in [5.74, 6) is 1.81. The minimum absolute atomic E-state index is 0.0409. The Bertz CT molecular complexity index is 1220. The fraction of sp³-hybridized carbons (Fsp3) is 0.409. The average Bonchev–Trinajstić information content (AvgIpc) is 3.52. The maximum Gasteiger partial charge on any atom is 0.254 e. The largest absolute Gasteiger partial charge is 0.463 e. The second-order valence-electron chi connectivity index (χ2n) is 8.22. The highest BCUT2D eigenvalue weighted by molar-refractivity contribution is 6.06. The number of hydrogen-bond donors (Lipinski definition) is 0. The van der Waals surface area contributed by atoms with E-state index in [0.717, 1.165) is 18.2 Å². The molecule has 1 fully saturated rings. The molecule has 31 heavy (non-hydrogen) atoms. The van der Waals surface area contributed by atoms with Crippen molar-refractivity contribution in [3.05, 3.63) is 47.9 Å². The predicted octanol–water partition coefficient (Wildman–Crippen LogP) is 3.98. The first-order valence-corrected chi connectivity index (χ1v) is 10.5. The van der Waals surface area contributed by atoms with Gasteiger partial charge in [-0.25, -0.2) is 9.67 Å². The van der Waals surface area contributed by atoms with E-state index in [1.54, 1.807) is 25.5 Å². The summed E-state index contributed by atoms with van der Waals surface area (Å²) in [7, 11) is 0. The SMILES string of the molecule is Cc1noc(C2CCCN(C(=O)c3cc(-c4ccco4)nc4c3cnn4C(C)C)C2)n1. The van der Waals surface area contributed by atoms with Crippen LogP contribution in [0.1, 0.15) is 60.7 Å². The molecule has 4 aromatic heterocycles. The molecule has 0 saturated carbocycles. The van der Waals surface area contributed by atoms with Gasteiger partial charge >= 0.3 is 0 Å². The van der Waals surface area contributed by atoms with Crippen LogP contribution in [0.25, 0.3) is 22.5 Å². The van der Waals surface area contributed by atoms with Gasteiger partial charge in [0.1, 0.15) is 5.69 Å². The molecule has 0 aromatic carbocycles. The summed E-state index contributed by atoms with van der Waals surface area (Å²) in [5.41, 5.74) is 1.86. The van der Waals surface area contributed by atoms with Gasteiger partial charge in [-0.05, 0) is 51.8 Å². The number of piperidine rings is 1. The van der Waals surface area contributed by atoms with Crippen LogP contribution < -0.4 is 0 Å². The van der Waals surface area contributed by atoms with Crippen LogP contribution in [0, 0.1) is 6.92 Å². The lowest BCUT2D eigenvalue weighted by Crippen LogP contribution is -2.39. The molecule has 5 rings (SSSR count). The van der Waals surface area contributed by atoms with E-state index in [1.807, 2.05) is 35.6 Å². The van der Waals surface area contributed by atoms with E-state index in [2.05, 4.69) is 15.2 Å². The van der Waals surface area contributed by atoms with E-state index in [0.29, 0.717) is 47.5 Å². The predicted molar refractivity (Wildman–Crippen MR) is 113 cm³/mol. The smallest absolute Gasteiger partial charge is 0.254 e. The molecule has 1 saturated heterocycles. The molecule has 1 unspecified atom stereocenters. The third-order valence-corrected chi connectivity index (χ3v) is 5.66. The Balaban J connectivity index is 1.54. The third-order valence-electron chi connectivity index (χ3n) is 5.66. The second kappa shape index (κ2) is 7.64. The molecular formula is C22H24N6O3. The van der Waals surface area contributed by atoms with Crippen molar-refractivity contribution in [2.45, 2.75) is 45.6 Å². The summed E-state index contributed by atoms with van der Waals surface area (Å²) in [4.78, 5) is 24.6. The van der Waals surface area contributed by atoms with E-state index in [-0.39, 0.29) is 17.9 Å². The number of carbonyl (C=O) groups excluding carboxylic acids is 1. The van der Waals surface area contributed by atoms with Crippen molar-refractivity contribution in [1.82, 2.24) is 29.8 Å². The number of nitrogens with zero attached hydrogens (tertiary/aromatic N) is 6. The molecule has 1 aliphatic rings. The van der Waals surface area contributed by atoms with Crippen molar-refractivity contribution in [3.63, 3.8) is 0 Å². The standard InChI is InChI=1S/C22H24N6O3/c1-13(2)28-20-17(11-23-28)16(10-18(25-20)19-7-5-9-30-19)22(29)27-8-4-6-15(12-27)21-24-14(3)26-31-21/h5,7,9-11,13,15H,4,6,8,12H2,1-3H3. The summed E-state index contributed by atoms with van der Waals surface area (Å²) in [6, 6.07) is 5.56. The van der Waals surface area contributed by atoms with Gasteiger partial charge in [0.2, 0.25) is 5.89 Å². The fourth-order valence-corrected chi connectivity index (χ4v) is 4.14. The van der Waals surface area contributed by atoms with Crippen molar-refractivity contribution < 1.29 is 13.7 Å². The van der Waals surface area contributed by atoms with Crippen molar-refractivity contribution >= 4 is 16.9 Å². The monoisotopic (exact) mass is 420 g/mol. The van der Waals surface area contributed by atoms with Gasteiger partial charge in [-0.1, -0.05) is 5.16 Å². The topological polar surface area (TPSA) is 103 Å². The van der Waals surface area contributed by atoms with Crippen LogP contribution in [0.4, 0.5) is 0 Å². The number of likely N-dealkylation sites (tertiary alicyclic amines) is 1. The van der Waals surface area contributed by atoms with Crippen LogP contribution >= 0.6 is 0 Å². The van der Waals surface area contributed by atoms with Crippen LogP contribution in [-0.4, -0.2) is 48.8 Å². The highest BCUT2D eigenvalue weighted by Gasteiger charge is 2.30. The molecule has 1 atom stereocenters. The van der Waals surface area contributed by atoms with E-state index in [4.69, 9.17) is 13.9 Å². The molecule has 0 bridgehead atoms. The van der Waals surface area contributed by atoms with Gasteiger partial charge in [-0.15, -0.1) is 0 Å². The number of hydrogen-bond acceptors (Lipinski definition) is 7. The van der Waals surface area contributed by atoms with Crippen LogP contribution in [0.3, 0.4) is 0 Å². The summed E-state index contributed by atoms with van der Waals surface area (Å²) >= 11 is 0. The van der Waals surface area contributed by atoms with Crippen LogP contribution in [0.15, 0.2) is 39.6 Å². The van der Waals surface area contributed by atoms with Crippen LogP contribution in [0.2, 0.25) is 0 Å². The minimum atomic E-state index is -0.0514. The lowest BCUT2D eigenvalue weighted by molar-refractivity contribution is 0.0697. The van der Waals surface area contributed by atoms with Gasteiger partial charge in [0.25, 0.3) is 5.91 Å². The lowest BCUT2D eigenvalue weighted by atomic mass is 9.97. The van der Waals surface area contributed by atoms with Gasteiger partial charge in [0.15, 0.2) is 17.2 Å². The highest BCUT2D eigenvalue weighted by atomic mass is 16.5. The quantitative estimate of drug-likeness (QED) is 0.492. The summed E-state index contributed by atoms with van der Waals surface area (Å²) in [6.45, 7) is 7.10. The number of furan rings is 1. The number of amides is 1. The van der Waals surface area contributed by atoms with Crippen LogP contribution in [0.5, 0.6) is 0 Å². The molecule has 0 radical (unpaired) electrons. The highest BCUT2D eigenvalue weighted by Crippen LogP contribution is 2.30. The molecule has 0 aliphatic carbocycles. The normalized spacial score (nSPS) is 17.0. The molecule has 0 spiro atoms.